The van der Waals surface area contributed by atoms with Crippen molar-refractivity contribution in [3.05, 3.63) is 12.2 Å². The summed E-state index contributed by atoms with van der Waals surface area (Å²) in [6.45, 7) is 4.57. The first-order valence-corrected chi connectivity index (χ1v) is 3.31. The largest absolute Gasteiger partial charge is 0.415 e. The highest BCUT2D eigenvalue weighted by molar-refractivity contribution is 5.19. The van der Waals surface area contributed by atoms with Crippen LogP contribution in [0, 0.1) is 0 Å². The Kier molecular flexibility index (Phi) is 2.90. The van der Waals surface area contributed by atoms with E-state index in [9.17, 15) is 17.6 Å². The Balaban J connectivity index is 4.70. The van der Waals surface area contributed by atoms with Crippen LogP contribution in [0.25, 0.3) is 0 Å². The van der Waals surface area contributed by atoms with Crippen molar-refractivity contribution in [2.75, 3.05) is 0 Å². The van der Waals surface area contributed by atoms with Gasteiger partial charge in [0.2, 0.25) is 0 Å². The van der Waals surface area contributed by atoms with E-state index in [1.54, 1.807) is 0 Å². The molecule has 0 aliphatic rings. The molecule has 72 valence electrons. The van der Waals surface area contributed by atoms with Crippen LogP contribution < -0.4 is 5.73 Å². The molecule has 0 radical (unpaired) electrons. The van der Waals surface area contributed by atoms with Gasteiger partial charge in [-0.05, 0) is 13.8 Å². The summed E-state index contributed by atoms with van der Waals surface area (Å²) in [5.74, 6) is 0. The number of hydrogen-bond donors (Lipinski definition) is 1. The third-order valence-corrected chi connectivity index (χ3v) is 1.79. The van der Waals surface area contributed by atoms with Gasteiger partial charge in [-0.1, -0.05) is 6.58 Å². The Morgan fingerprint density at radius 1 is 1.33 bits per heavy atom. The lowest BCUT2D eigenvalue weighted by molar-refractivity contribution is -0.110. The number of rotatable bonds is 2. The summed E-state index contributed by atoms with van der Waals surface area (Å²) in [5, 5.41) is 0. The third-order valence-electron chi connectivity index (χ3n) is 1.79. The molecule has 0 fully saturated rings. The van der Waals surface area contributed by atoms with Crippen LogP contribution in [0.5, 0.6) is 0 Å². The van der Waals surface area contributed by atoms with Gasteiger partial charge in [-0.3, -0.25) is 0 Å². The van der Waals surface area contributed by atoms with E-state index in [-0.39, 0.29) is 0 Å². The summed E-state index contributed by atoms with van der Waals surface area (Å²) in [5.41, 5.74) is 0.993. The van der Waals surface area contributed by atoms with Gasteiger partial charge in [0.05, 0.1) is 5.57 Å². The maximum atomic E-state index is 13.2. The second-order valence-corrected chi connectivity index (χ2v) is 2.84. The molecule has 0 aromatic rings. The molecule has 1 nitrogen and oxygen atoms in total. The van der Waals surface area contributed by atoms with Crippen LogP contribution >= 0.6 is 0 Å². The maximum absolute atomic E-state index is 13.2. The van der Waals surface area contributed by atoms with Gasteiger partial charge in [0, 0.05) is 6.04 Å². The fourth-order valence-electron chi connectivity index (χ4n) is 0.552. The van der Waals surface area contributed by atoms with Crippen LogP contribution in [0.4, 0.5) is 17.6 Å². The first-order valence-electron chi connectivity index (χ1n) is 3.31. The van der Waals surface area contributed by atoms with E-state index in [0.717, 1.165) is 13.8 Å². The van der Waals surface area contributed by atoms with Gasteiger partial charge >= 0.3 is 6.18 Å². The summed E-state index contributed by atoms with van der Waals surface area (Å²) >= 11 is 0. The minimum Gasteiger partial charge on any atom is -0.325 e. The van der Waals surface area contributed by atoms with Gasteiger partial charge in [0.15, 0.2) is 5.67 Å². The topological polar surface area (TPSA) is 26.0 Å². The monoisotopic (exact) mass is 185 g/mol. The molecule has 0 aliphatic carbocycles. The van der Waals surface area contributed by atoms with E-state index in [2.05, 4.69) is 6.58 Å². The molecule has 0 saturated heterocycles. The van der Waals surface area contributed by atoms with Crippen LogP contribution in [-0.4, -0.2) is 17.9 Å². The van der Waals surface area contributed by atoms with E-state index in [0.29, 0.717) is 0 Å². The van der Waals surface area contributed by atoms with Gasteiger partial charge in [-0.2, -0.15) is 13.2 Å². The summed E-state index contributed by atoms with van der Waals surface area (Å²) < 4.78 is 48.9. The zero-order chi connectivity index (χ0) is 10.2. The standard InChI is InChI=1S/C7H11F4N/c1-4(7(9,10)11)6(3,8)5(2)12/h5H,1,12H2,2-3H3. The minimum atomic E-state index is -4.73. The summed E-state index contributed by atoms with van der Waals surface area (Å²) in [6, 6.07) is -1.23. The molecule has 12 heavy (non-hydrogen) atoms. The summed E-state index contributed by atoms with van der Waals surface area (Å²) in [4.78, 5) is 0. The fraction of sp³-hybridized carbons (Fsp3) is 0.714. The molecule has 0 aromatic carbocycles. The molecule has 0 aliphatic heterocycles. The Bertz CT molecular complexity index is 180. The van der Waals surface area contributed by atoms with Gasteiger partial charge in [0.1, 0.15) is 0 Å². The van der Waals surface area contributed by atoms with E-state index >= 15 is 0 Å². The molecule has 0 aromatic heterocycles. The molecule has 2 N–H and O–H groups in total. The lowest BCUT2D eigenvalue weighted by atomic mass is 9.92. The van der Waals surface area contributed by atoms with Gasteiger partial charge in [-0.25, -0.2) is 4.39 Å². The lowest BCUT2D eigenvalue weighted by Crippen LogP contribution is -2.44. The molecule has 2 unspecified atom stereocenters. The molecule has 0 spiro atoms. The van der Waals surface area contributed by atoms with Gasteiger partial charge < -0.3 is 5.73 Å². The molecule has 2 atom stereocenters. The molecule has 0 rings (SSSR count). The average molecular weight is 185 g/mol. The Hall–Kier alpha value is -0.580. The number of nitrogens with two attached hydrogens (primary N) is 1. The van der Waals surface area contributed by atoms with Crippen LogP contribution in [0.15, 0.2) is 12.2 Å². The SMILES string of the molecule is C=C(C(F)(F)F)C(C)(F)C(C)N. The van der Waals surface area contributed by atoms with E-state index in [1.807, 2.05) is 0 Å². The van der Waals surface area contributed by atoms with Crippen molar-refractivity contribution in [3.8, 4) is 0 Å². The minimum absolute atomic E-state index is 0.771. The first-order chi connectivity index (χ1) is 5.10. The first kappa shape index (κ1) is 11.4. The average Bonchev–Trinajstić information content (AvgIpc) is 1.83. The Morgan fingerprint density at radius 2 is 1.67 bits per heavy atom. The van der Waals surface area contributed by atoms with Crippen molar-refractivity contribution in [3.63, 3.8) is 0 Å². The third kappa shape index (κ3) is 2.20. The molecule has 0 heterocycles. The molecular formula is C7H11F4N. The predicted molar refractivity (Wildman–Crippen MR) is 38.4 cm³/mol. The fourth-order valence-corrected chi connectivity index (χ4v) is 0.552. The zero-order valence-corrected chi connectivity index (χ0v) is 6.87. The highest BCUT2D eigenvalue weighted by Gasteiger charge is 2.46. The quantitative estimate of drug-likeness (QED) is 0.518. The van der Waals surface area contributed by atoms with Gasteiger partial charge in [-0.15, -0.1) is 0 Å². The second-order valence-electron chi connectivity index (χ2n) is 2.84. The number of hydrogen-bond acceptors (Lipinski definition) is 1. The van der Waals surface area contributed by atoms with E-state index < -0.39 is 23.5 Å². The van der Waals surface area contributed by atoms with Crippen LogP contribution in [-0.2, 0) is 0 Å². The number of halogens is 4. The molecule has 0 saturated carbocycles. The van der Waals surface area contributed by atoms with Crippen LogP contribution in [0.2, 0.25) is 0 Å². The zero-order valence-electron chi connectivity index (χ0n) is 6.87. The smallest absolute Gasteiger partial charge is 0.325 e. The van der Waals surface area contributed by atoms with Crippen molar-refractivity contribution < 1.29 is 17.6 Å². The van der Waals surface area contributed by atoms with Crippen molar-refractivity contribution in [2.45, 2.75) is 31.7 Å². The van der Waals surface area contributed by atoms with Crippen LogP contribution in [0.3, 0.4) is 0 Å². The number of alkyl halides is 4. The van der Waals surface area contributed by atoms with Crippen LogP contribution in [0.1, 0.15) is 13.8 Å². The lowest BCUT2D eigenvalue weighted by Gasteiger charge is -2.27. The molecule has 5 heteroatoms. The normalized spacial score (nSPS) is 19.9. The predicted octanol–water partition coefficient (Wildman–Crippen LogP) is 2.18. The summed E-state index contributed by atoms with van der Waals surface area (Å²) in [6.07, 6.45) is -4.73. The molecule has 0 amide bonds. The van der Waals surface area contributed by atoms with Crippen molar-refractivity contribution in [2.24, 2.45) is 5.73 Å². The molecule has 0 bridgehead atoms. The van der Waals surface area contributed by atoms with E-state index in [4.69, 9.17) is 5.73 Å². The Morgan fingerprint density at radius 3 is 1.75 bits per heavy atom. The second kappa shape index (κ2) is 3.05. The highest BCUT2D eigenvalue weighted by Crippen LogP contribution is 2.36. The van der Waals surface area contributed by atoms with E-state index in [1.165, 1.54) is 0 Å². The summed E-state index contributed by atoms with van der Waals surface area (Å²) in [7, 11) is 0. The van der Waals surface area contributed by atoms with Gasteiger partial charge in [0.25, 0.3) is 0 Å². The van der Waals surface area contributed by atoms with Crippen molar-refractivity contribution >= 4 is 0 Å². The van der Waals surface area contributed by atoms with Crippen molar-refractivity contribution in [1.29, 1.82) is 0 Å². The molecular weight excluding hydrogens is 174 g/mol. The van der Waals surface area contributed by atoms with Crippen molar-refractivity contribution in [1.82, 2.24) is 0 Å². The Labute approximate surface area is 68.2 Å². The maximum Gasteiger partial charge on any atom is 0.415 e. The highest BCUT2D eigenvalue weighted by atomic mass is 19.4.